The van der Waals surface area contributed by atoms with Gasteiger partial charge in [-0.2, -0.15) is 5.10 Å². The number of hydrogen-bond acceptors (Lipinski definition) is 3. The molecule has 4 nitrogen and oxygen atoms in total. The molecule has 3 aromatic rings. The molecule has 0 aliphatic heterocycles. The number of hydrogen-bond donors (Lipinski definition) is 1. The van der Waals surface area contributed by atoms with Crippen molar-refractivity contribution in [3.05, 3.63) is 71.8 Å². The van der Waals surface area contributed by atoms with E-state index >= 15 is 0 Å². The van der Waals surface area contributed by atoms with Gasteiger partial charge >= 0.3 is 0 Å². The lowest BCUT2D eigenvalue weighted by atomic mass is 10.0. The highest BCUT2D eigenvalue weighted by molar-refractivity contribution is 5.66. The van der Waals surface area contributed by atoms with Gasteiger partial charge in [-0.05, 0) is 35.2 Å². The van der Waals surface area contributed by atoms with E-state index in [0.717, 1.165) is 5.56 Å². The highest BCUT2D eigenvalue weighted by Crippen LogP contribution is 2.22. The molecule has 0 saturated carbocycles. The summed E-state index contributed by atoms with van der Waals surface area (Å²) in [4.78, 5) is 4.12. The molecule has 0 amide bonds. The summed E-state index contributed by atoms with van der Waals surface area (Å²) in [5, 5.41) is 13.3. The monoisotopic (exact) mass is 279 g/mol. The van der Waals surface area contributed by atoms with Gasteiger partial charge in [-0.3, -0.25) is 9.67 Å². The first-order valence-corrected chi connectivity index (χ1v) is 6.88. The first-order chi connectivity index (χ1) is 10.3. The maximum Gasteiger partial charge on any atom is 0.0712 e. The Balaban J connectivity index is 1.79. The lowest BCUT2D eigenvalue weighted by Gasteiger charge is -2.07. The number of aryl methyl sites for hydroxylation is 1. The molecular formula is C17H17N3O. The molecule has 21 heavy (non-hydrogen) atoms. The van der Waals surface area contributed by atoms with Gasteiger partial charge in [-0.15, -0.1) is 0 Å². The Morgan fingerprint density at radius 1 is 1.05 bits per heavy atom. The second kappa shape index (κ2) is 5.89. The average Bonchev–Trinajstić information content (AvgIpc) is 2.96. The van der Waals surface area contributed by atoms with Crippen LogP contribution in [0.15, 0.2) is 55.1 Å². The van der Waals surface area contributed by atoms with E-state index in [4.69, 9.17) is 5.11 Å². The minimum atomic E-state index is 0.0280. The van der Waals surface area contributed by atoms with Crippen LogP contribution in [0.3, 0.4) is 0 Å². The molecule has 0 aliphatic carbocycles. The Hall–Kier alpha value is -2.46. The molecule has 0 radical (unpaired) electrons. The van der Waals surface area contributed by atoms with Crippen molar-refractivity contribution >= 4 is 0 Å². The van der Waals surface area contributed by atoms with Crippen molar-refractivity contribution in [1.29, 1.82) is 0 Å². The summed E-state index contributed by atoms with van der Waals surface area (Å²) in [7, 11) is 0. The van der Waals surface area contributed by atoms with Gasteiger partial charge in [0.2, 0.25) is 0 Å². The van der Waals surface area contributed by atoms with Crippen molar-refractivity contribution in [1.82, 2.24) is 14.8 Å². The van der Waals surface area contributed by atoms with E-state index in [1.807, 2.05) is 29.3 Å². The van der Waals surface area contributed by atoms with Gasteiger partial charge in [0, 0.05) is 24.2 Å². The first kappa shape index (κ1) is 13.5. The third kappa shape index (κ3) is 3.01. The fraction of sp³-hybridized carbons (Fsp3) is 0.176. The topological polar surface area (TPSA) is 50.9 Å². The summed E-state index contributed by atoms with van der Waals surface area (Å²) in [5.41, 5.74) is 5.58. The summed E-state index contributed by atoms with van der Waals surface area (Å²) in [6.07, 6.45) is 7.25. The largest absolute Gasteiger partial charge is 0.392 e. The van der Waals surface area contributed by atoms with Gasteiger partial charge in [0.15, 0.2) is 0 Å². The van der Waals surface area contributed by atoms with E-state index in [1.54, 1.807) is 6.20 Å². The maximum absolute atomic E-state index is 9.05. The zero-order valence-corrected chi connectivity index (χ0v) is 11.9. The van der Waals surface area contributed by atoms with E-state index in [-0.39, 0.29) is 6.61 Å². The Labute approximate surface area is 123 Å². The van der Waals surface area contributed by atoms with Crippen LogP contribution in [0, 0.1) is 6.92 Å². The molecule has 0 atom stereocenters. The van der Waals surface area contributed by atoms with Gasteiger partial charge in [-0.25, -0.2) is 0 Å². The Bertz CT molecular complexity index is 732. The predicted molar refractivity (Wildman–Crippen MR) is 81.7 cm³/mol. The molecular weight excluding hydrogens is 262 g/mol. The van der Waals surface area contributed by atoms with Crippen LogP contribution >= 0.6 is 0 Å². The molecule has 0 fully saturated rings. The lowest BCUT2D eigenvalue weighted by molar-refractivity contribution is 0.281. The molecule has 0 unspecified atom stereocenters. The third-order valence-corrected chi connectivity index (χ3v) is 3.50. The second-order valence-electron chi connectivity index (χ2n) is 5.09. The second-order valence-corrected chi connectivity index (χ2v) is 5.09. The van der Waals surface area contributed by atoms with E-state index in [9.17, 15) is 0 Å². The standard InChI is InChI=1S/C17H17N3O/c1-13-8-18-7-6-17(13)16-4-2-14(3-5-16)10-20-11-15(12-21)9-19-20/h2-9,11,21H,10,12H2,1H3. The average molecular weight is 279 g/mol. The molecule has 4 heteroatoms. The van der Waals surface area contributed by atoms with Crippen LogP contribution in [-0.2, 0) is 13.2 Å². The zero-order chi connectivity index (χ0) is 14.7. The smallest absolute Gasteiger partial charge is 0.0712 e. The van der Waals surface area contributed by atoms with Gasteiger partial charge < -0.3 is 5.11 Å². The molecule has 0 aliphatic rings. The van der Waals surface area contributed by atoms with Crippen LogP contribution in [0.25, 0.3) is 11.1 Å². The number of aromatic nitrogens is 3. The molecule has 0 saturated heterocycles. The fourth-order valence-electron chi connectivity index (χ4n) is 2.35. The molecule has 106 valence electrons. The Kier molecular flexibility index (Phi) is 3.79. The van der Waals surface area contributed by atoms with Crippen molar-refractivity contribution < 1.29 is 5.11 Å². The summed E-state index contributed by atoms with van der Waals surface area (Å²) in [5.74, 6) is 0. The molecule has 0 bridgehead atoms. The van der Waals surface area contributed by atoms with Crippen LogP contribution in [0.4, 0.5) is 0 Å². The number of aliphatic hydroxyl groups is 1. The summed E-state index contributed by atoms with van der Waals surface area (Å²) >= 11 is 0. The van der Waals surface area contributed by atoms with Crippen LogP contribution in [0.5, 0.6) is 0 Å². The van der Waals surface area contributed by atoms with E-state index in [1.165, 1.54) is 22.3 Å². The molecule has 1 N–H and O–H groups in total. The molecule has 0 spiro atoms. The van der Waals surface area contributed by atoms with Gasteiger partial charge in [0.1, 0.15) is 0 Å². The van der Waals surface area contributed by atoms with Crippen molar-refractivity contribution in [2.45, 2.75) is 20.1 Å². The molecule has 1 aromatic carbocycles. The lowest BCUT2D eigenvalue weighted by Crippen LogP contribution is -1.99. The first-order valence-electron chi connectivity index (χ1n) is 6.88. The number of rotatable bonds is 4. The quantitative estimate of drug-likeness (QED) is 0.799. The van der Waals surface area contributed by atoms with Crippen molar-refractivity contribution in [2.24, 2.45) is 0 Å². The van der Waals surface area contributed by atoms with E-state index in [0.29, 0.717) is 6.54 Å². The molecule has 2 aromatic heterocycles. The Morgan fingerprint density at radius 2 is 1.86 bits per heavy atom. The van der Waals surface area contributed by atoms with Crippen molar-refractivity contribution in [2.75, 3.05) is 0 Å². The number of nitrogens with zero attached hydrogens (tertiary/aromatic N) is 3. The Morgan fingerprint density at radius 3 is 2.52 bits per heavy atom. The molecule has 2 heterocycles. The van der Waals surface area contributed by atoms with Crippen molar-refractivity contribution in [3.63, 3.8) is 0 Å². The minimum absolute atomic E-state index is 0.0280. The fourth-order valence-corrected chi connectivity index (χ4v) is 2.35. The molecule has 3 rings (SSSR count). The zero-order valence-electron chi connectivity index (χ0n) is 11.9. The number of pyridine rings is 1. The van der Waals surface area contributed by atoms with Crippen LogP contribution in [0.2, 0.25) is 0 Å². The van der Waals surface area contributed by atoms with Crippen LogP contribution in [0.1, 0.15) is 16.7 Å². The summed E-state index contributed by atoms with van der Waals surface area (Å²) in [6, 6.07) is 10.5. The van der Waals surface area contributed by atoms with E-state index in [2.05, 4.69) is 41.3 Å². The van der Waals surface area contributed by atoms with Crippen LogP contribution in [-0.4, -0.2) is 19.9 Å². The predicted octanol–water partition coefficient (Wildman–Crippen LogP) is 2.79. The number of benzene rings is 1. The summed E-state index contributed by atoms with van der Waals surface area (Å²) in [6.45, 7) is 2.80. The maximum atomic E-state index is 9.05. The van der Waals surface area contributed by atoms with Crippen LogP contribution < -0.4 is 0 Å². The van der Waals surface area contributed by atoms with Gasteiger partial charge in [0.05, 0.1) is 19.3 Å². The summed E-state index contributed by atoms with van der Waals surface area (Å²) < 4.78 is 1.83. The SMILES string of the molecule is Cc1cnccc1-c1ccc(Cn2cc(CO)cn2)cc1. The van der Waals surface area contributed by atoms with E-state index < -0.39 is 0 Å². The normalized spacial score (nSPS) is 10.8. The van der Waals surface area contributed by atoms with Gasteiger partial charge in [0.25, 0.3) is 0 Å². The minimum Gasteiger partial charge on any atom is -0.392 e. The van der Waals surface area contributed by atoms with Crippen molar-refractivity contribution in [3.8, 4) is 11.1 Å². The van der Waals surface area contributed by atoms with Gasteiger partial charge in [-0.1, -0.05) is 24.3 Å². The third-order valence-electron chi connectivity index (χ3n) is 3.50. The highest BCUT2D eigenvalue weighted by Gasteiger charge is 2.03. The highest BCUT2D eigenvalue weighted by atomic mass is 16.3. The number of aliphatic hydroxyl groups excluding tert-OH is 1.